The standard InChI is InChI=1S/C17H27ClO3Si/c1-16(2,3)22-21-17(4,5)13-9-7-12(8-10-13)11-14(18)15(19)20-6/h7-10,14H,11,22H2,1-6H3. The van der Waals surface area contributed by atoms with E-state index in [9.17, 15) is 4.79 Å². The first-order valence-corrected chi connectivity index (χ1v) is 9.22. The van der Waals surface area contributed by atoms with E-state index >= 15 is 0 Å². The van der Waals surface area contributed by atoms with Crippen LogP contribution in [0.5, 0.6) is 0 Å². The predicted octanol–water partition coefficient (Wildman–Crippen LogP) is 3.56. The van der Waals surface area contributed by atoms with Crippen molar-refractivity contribution >= 4 is 27.3 Å². The van der Waals surface area contributed by atoms with Crippen LogP contribution in [-0.2, 0) is 26.0 Å². The summed E-state index contributed by atoms with van der Waals surface area (Å²) in [5, 5.41) is -0.378. The fraction of sp³-hybridized carbons (Fsp3) is 0.588. The number of benzene rings is 1. The Morgan fingerprint density at radius 1 is 1.18 bits per heavy atom. The number of hydrogen-bond donors (Lipinski definition) is 0. The van der Waals surface area contributed by atoms with Crippen molar-refractivity contribution in [3.05, 3.63) is 35.4 Å². The molecule has 5 heteroatoms. The van der Waals surface area contributed by atoms with Crippen LogP contribution in [-0.4, -0.2) is 28.2 Å². The fourth-order valence-electron chi connectivity index (χ4n) is 1.94. The molecule has 22 heavy (non-hydrogen) atoms. The zero-order valence-electron chi connectivity index (χ0n) is 14.4. The fourth-order valence-corrected chi connectivity index (χ4v) is 3.17. The highest BCUT2D eigenvalue weighted by Crippen LogP contribution is 2.29. The van der Waals surface area contributed by atoms with Gasteiger partial charge in [-0.2, -0.15) is 0 Å². The van der Waals surface area contributed by atoms with Gasteiger partial charge < -0.3 is 9.16 Å². The molecule has 0 aromatic heterocycles. The van der Waals surface area contributed by atoms with Crippen molar-refractivity contribution in [2.24, 2.45) is 0 Å². The van der Waals surface area contributed by atoms with Crippen molar-refractivity contribution in [2.75, 3.05) is 7.11 Å². The van der Waals surface area contributed by atoms with Gasteiger partial charge in [-0.25, -0.2) is 0 Å². The molecule has 0 fully saturated rings. The zero-order chi connectivity index (χ0) is 17.0. The number of alkyl halides is 1. The first-order valence-electron chi connectivity index (χ1n) is 7.50. The van der Waals surface area contributed by atoms with E-state index in [0.717, 1.165) is 11.1 Å². The lowest BCUT2D eigenvalue weighted by molar-refractivity contribution is -0.140. The van der Waals surface area contributed by atoms with Crippen molar-refractivity contribution < 1.29 is 14.0 Å². The SMILES string of the molecule is COC(=O)C(Cl)Cc1ccc(C(C)(C)O[SiH2]C(C)(C)C)cc1. The van der Waals surface area contributed by atoms with E-state index in [2.05, 4.69) is 39.4 Å². The Kier molecular flexibility index (Phi) is 6.65. The third-order valence-corrected chi connectivity index (χ3v) is 5.45. The summed E-state index contributed by atoms with van der Waals surface area (Å²) in [6.45, 7) is 10.8. The van der Waals surface area contributed by atoms with Crippen LogP contribution in [0.4, 0.5) is 0 Å². The summed E-state index contributed by atoms with van der Waals surface area (Å²) in [5.74, 6) is -0.398. The lowest BCUT2D eigenvalue weighted by Gasteiger charge is -2.30. The topological polar surface area (TPSA) is 35.5 Å². The number of halogens is 1. The van der Waals surface area contributed by atoms with Crippen LogP contribution in [0.2, 0.25) is 5.04 Å². The van der Waals surface area contributed by atoms with Crippen molar-refractivity contribution in [3.63, 3.8) is 0 Å². The number of carbonyl (C=O) groups excluding carboxylic acids is 1. The van der Waals surface area contributed by atoms with Gasteiger partial charge in [-0.05, 0) is 36.4 Å². The van der Waals surface area contributed by atoms with Crippen molar-refractivity contribution in [2.45, 2.75) is 57.1 Å². The minimum Gasteiger partial charge on any atom is -0.468 e. The lowest BCUT2D eigenvalue weighted by Crippen LogP contribution is -2.27. The second-order valence-electron chi connectivity index (χ2n) is 7.25. The molecule has 0 saturated heterocycles. The minimum absolute atomic E-state index is 0.267. The Balaban J connectivity index is 2.73. The van der Waals surface area contributed by atoms with Crippen LogP contribution >= 0.6 is 11.6 Å². The number of esters is 1. The molecule has 0 N–H and O–H groups in total. The van der Waals surface area contributed by atoms with Crippen LogP contribution in [0.3, 0.4) is 0 Å². The second kappa shape index (κ2) is 7.62. The number of methoxy groups -OCH3 is 1. The first kappa shape index (κ1) is 19.2. The summed E-state index contributed by atoms with van der Waals surface area (Å²) in [7, 11) is 0.725. The Hall–Kier alpha value is -0.843. The van der Waals surface area contributed by atoms with Crippen LogP contribution in [0.25, 0.3) is 0 Å². The van der Waals surface area contributed by atoms with E-state index in [-0.39, 0.29) is 10.6 Å². The van der Waals surface area contributed by atoms with E-state index in [1.807, 2.05) is 24.3 Å². The highest BCUT2D eigenvalue weighted by molar-refractivity contribution is 6.31. The van der Waals surface area contributed by atoms with Gasteiger partial charge in [0.2, 0.25) is 0 Å². The van der Waals surface area contributed by atoms with Gasteiger partial charge in [0.25, 0.3) is 0 Å². The molecule has 1 aromatic rings. The summed E-state index contributed by atoms with van der Waals surface area (Å²) in [6, 6.07) is 8.09. The van der Waals surface area contributed by atoms with E-state index < -0.39 is 21.1 Å². The molecule has 1 rings (SSSR count). The molecule has 0 amide bonds. The van der Waals surface area contributed by atoms with Gasteiger partial charge in [-0.1, -0.05) is 45.0 Å². The molecule has 0 aliphatic carbocycles. The lowest BCUT2D eigenvalue weighted by atomic mass is 9.96. The molecule has 0 aliphatic heterocycles. The quantitative estimate of drug-likeness (QED) is 0.450. The third kappa shape index (κ3) is 6.11. The maximum Gasteiger partial charge on any atom is 0.324 e. The molecular weight excluding hydrogens is 316 g/mol. The third-order valence-electron chi connectivity index (χ3n) is 3.39. The van der Waals surface area contributed by atoms with Crippen LogP contribution in [0.15, 0.2) is 24.3 Å². The average molecular weight is 343 g/mol. The van der Waals surface area contributed by atoms with Crippen LogP contribution < -0.4 is 0 Å². The summed E-state index contributed by atoms with van der Waals surface area (Å²) < 4.78 is 10.8. The predicted molar refractivity (Wildman–Crippen MR) is 94.2 cm³/mol. The number of hydrogen-bond acceptors (Lipinski definition) is 3. The van der Waals surface area contributed by atoms with Crippen molar-refractivity contribution in [3.8, 4) is 0 Å². The molecule has 0 aliphatic rings. The average Bonchev–Trinajstić information content (AvgIpc) is 2.44. The van der Waals surface area contributed by atoms with Crippen molar-refractivity contribution in [1.29, 1.82) is 0 Å². The van der Waals surface area contributed by atoms with Crippen LogP contribution in [0.1, 0.15) is 45.7 Å². The molecule has 1 unspecified atom stereocenters. The molecular formula is C17H27ClO3Si. The van der Waals surface area contributed by atoms with Gasteiger partial charge in [0.05, 0.1) is 12.7 Å². The summed E-state index contributed by atoms with van der Waals surface area (Å²) in [6.07, 6.45) is 0.465. The molecule has 0 radical (unpaired) electrons. The second-order valence-corrected chi connectivity index (χ2v) is 10.5. The summed E-state index contributed by atoms with van der Waals surface area (Å²) in [5.41, 5.74) is 1.86. The van der Waals surface area contributed by atoms with E-state index in [1.165, 1.54) is 7.11 Å². The highest BCUT2D eigenvalue weighted by atomic mass is 35.5. The largest absolute Gasteiger partial charge is 0.468 e. The number of carbonyl (C=O) groups is 1. The Bertz CT molecular complexity index is 492. The van der Waals surface area contributed by atoms with Gasteiger partial charge in [0.1, 0.15) is 5.38 Å². The Morgan fingerprint density at radius 2 is 1.73 bits per heavy atom. The monoisotopic (exact) mass is 342 g/mol. The zero-order valence-corrected chi connectivity index (χ0v) is 16.6. The number of rotatable bonds is 6. The normalized spacial score (nSPS) is 14.3. The Morgan fingerprint density at radius 3 is 2.18 bits per heavy atom. The maximum atomic E-state index is 11.4. The maximum absolute atomic E-state index is 11.4. The van der Waals surface area contributed by atoms with Gasteiger partial charge in [0, 0.05) is 0 Å². The summed E-state index contributed by atoms with van der Waals surface area (Å²) in [4.78, 5) is 11.4. The molecule has 0 saturated carbocycles. The Labute approximate surface area is 141 Å². The molecule has 0 bridgehead atoms. The molecule has 0 spiro atoms. The molecule has 0 heterocycles. The molecule has 124 valence electrons. The van der Waals surface area contributed by atoms with Crippen LogP contribution in [0, 0.1) is 0 Å². The number of ether oxygens (including phenoxy) is 1. The van der Waals surface area contributed by atoms with E-state index in [0.29, 0.717) is 6.42 Å². The molecule has 1 aromatic carbocycles. The summed E-state index contributed by atoms with van der Waals surface area (Å²) >= 11 is 6.00. The van der Waals surface area contributed by atoms with Gasteiger partial charge in [-0.15, -0.1) is 11.6 Å². The molecule has 1 atom stereocenters. The van der Waals surface area contributed by atoms with E-state index in [4.69, 9.17) is 16.0 Å². The molecule has 3 nitrogen and oxygen atoms in total. The smallest absolute Gasteiger partial charge is 0.324 e. The minimum atomic E-state index is -0.645. The first-order chi connectivity index (χ1) is 10.0. The van der Waals surface area contributed by atoms with Gasteiger partial charge >= 0.3 is 5.97 Å². The van der Waals surface area contributed by atoms with Crippen molar-refractivity contribution in [1.82, 2.24) is 0 Å². The highest BCUT2D eigenvalue weighted by Gasteiger charge is 2.24. The van der Waals surface area contributed by atoms with E-state index in [1.54, 1.807) is 0 Å². The van der Waals surface area contributed by atoms with Gasteiger partial charge in [-0.3, -0.25) is 4.79 Å². The van der Waals surface area contributed by atoms with Gasteiger partial charge in [0.15, 0.2) is 9.76 Å².